The summed E-state index contributed by atoms with van der Waals surface area (Å²) in [5.41, 5.74) is 1.97. The van der Waals surface area contributed by atoms with Gasteiger partial charge in [0.2, 0.25) is 0 Å². The quantitative estimate of drug-likeness (QED) is 0.794. The lowest BCUT2D eigenvalue weighted by molar-refractivity contribution is 0.101. The van der Waals surface area contributed by atoms with E-state index in [0.29, 0.717) is 17.2 Å². The highest BCUT2D eigenvalue weighted by atomic mass is 19.1. The summed E-state index contributed by atoms with van der Waals surface area (Å²) in [5.74, 6) is -0.383. The van der Waals surface area contributed by atoms with Gasteiger partial charge in [0, 0.05) is 36.9 Å². The highest BCUT2D eigenvalue weighted by Crippen LogP contribution is 2.27. The minimum atomic E-state index is -0.305. The summed E-state index contributed by atoms with van der Waals surface area (Å²) in [6.45, 7) is 8.15. The molecule has 3 nitrogen and oxygen atoms in total. The average molecular weight is 278 g/mol. The third-order valence-electron chi connectivity index (χ3n) is 4.25. The fraction of sp³-hybridized carbons (Fsp3) is 0.562. The highest BCUT2D eigenvalue weighted by molar-refractivity contribution is 6.00. The minimum absolute atomic E-state index is 0.0779. The fourth-order valence-corrected chi connectivity index (χ4v) is 2.82. The molecule has 1 aliphatic rings. The van der Waals surface area contributed by atoms with E-state index in [1.165, 1.54) is 13.0 Å². The number of hydrogen-bond acceptors (Lipinski definition) is 3. The second-order valence-corrected chi connectivity index (χ2v) is 5.66. The third-order valence-corrected chi connectivity index (χ3v) is 4.25. The van der Waals surface area contributed by atoms with Crippen LogP contribution in [-0.4, -0.2) is 43.4 Å². The van der Waals surface area contributed by atoms with Crippen LogP contribution in [0.2, 0.25) is 0 Å². The van der Waals surface area contributed by atoms with Gasteiger partial charge in [-0.25, -0.2) is 4.39 Å². The van der Waals surface area contributed by atoms with Crippen LogP contribution in [0, 0.1) is 12.7 Å². The van der Waals surface area contributed by atoms with Crippen LogP contribution in [0.15, 0.2) is 12.1 Å². The van der Waals surface area contributed by atoms with Crippen LogP contribution in [0.25, 0.3) is 0 Å². The molecular weight excluding hydrogens is 255 g/mol. The van der Waals surface area contributed by atoms with Crippen molar-refractivity contribution in [2.45, 2.75) is 33.2 Å². The second-order valence-electron chi connectivity index (χ2n) is 5.66. The summed E-state index contributed by atoms with van der Waals surface area (Å²) in [6.07, 6.45) is 1.07. The molecule has 1 saturated heterocycles. The summed E-state index contributed by atoms with van der Waals surface area (Å²) in [7, 11) is 2.13. The highest BCUT2D eigenvalue weighted by Gasteiger charge is 2.25. The van der Waals surface area contributed by atoms with Crippen molar-refractivity contribution in [2.75, 3.05) is 31.6 Å². The van der Waals surface area contributed by atoms with E-state index in [1.54, 1.807) is 6.92 Å². The van der Waals surface area contributed by atoms with Crippen LogP contribution in [-0.2, 0) is 0 Å². The molecule has 1 fully saturated rings. The Kier molecular flexibility index (Phi) is 4.43. The Balaban J connectivity index is 2.36. The maximum Gasteiger partial charge on any atom is 0.161 e. The molecule has 0 aliphatic carbocycles. The summed E-state index contributed by atoms with van der Waals surface area (Å²) >= 11 is 0. The molecule has 1 aromatic carbocycles. The molecule has 20 heavy (non-hydrogen) atoms. The van der Waals surface area contributed by atoms with Gasteiger partial charge in [-0.3, -0.25) is 9.69 Å². The molecule has 0 amide bonds. The molecule has 1 aliphatic heterocycles. The predicted octanol–water partition coefficient (Wildman–Crippen LogP) is 2.87. The van der Waals surface area contributed by atoms with Gasteiger partial charge in [-0.05, 0) is 45.0 Å². The second kappa shape index (κ2) is 5.92. The first-order valence-corrected chi connectivity index (χ1v) is 7.20. The molecule has 1 unspecified atom stereocenters. The number of piperazine rings is 1. The molecule has 0 saturated carbocycles. The smallest absolute Gasteiger partial charge is 0.161 e. The van der Waals surface area contributed by atoms with Gasteiger partial charge in [-0.1, -0.05) is 6.92 Å². The first-order valence-electron chi connectivity index (χ1n) is 7.20. The number of rotatable bonds is 3. The van der Waals surface area contributed by atoms with Crippen molar-refractivity contribution in [1.82, 2.24) is 4.90 Å². The van der Waals surface area contributed by atoms with Crippen molar-refractivity contribution in [1.29, 1.82) is 0 Å². The van der Waals surface area contributed by atoms with E-state index < -0.39 is 0 Å². The number of carbonyl (C=O) groups excluding carboxylic acids is 1. The van der Waals surface area contributed by atoms with Crippen LogP contribution < -0.4 is 4.90 Å². The standard InChI is InChI=1S/C16H23FN2O/c1-5-13-10-19(7-6-18(13)4)16-8-11(2)15(17)9-14(16)12(3)20/h8-9,13H,5-7,10H2,1-4H3. The van der Waals surface area contributed by atoms with Crippen LogP contribution in [0.5, 0.6) is 0 Å². The number of nitrogens with zero attached hydrogens (tertiary/aromatic N) is 2. The molecule has 0 N–H and O–H groups in total. The van der Waals surface area contributed by atoms with Crippen molar-refractivity contribution < 1.29 is 9.18 Å². The molecule has 1 aromatic rings. The van der Waals surface area contributed by atoms with Gasteiger partial charge in [0.25, 0.3) is 0 Å². The van der Waals surface area contributed by atoms with Crippen molar-refractivity contribution in [3.63, 3.8) is 0 Å². The maximum absolute atomic E-state index is 13.7. The van der Waals surface area contributed by atoms with E-state index in [-0.39, 0.29) is 11.6 Å². The zero-order valence-electron chi connectivity index (χ0n) is 12.7. The molecule has 0 bridgehead atoms. The first kappa shape index (κ1) is 15.0. The molecule has 0 spiro atoms. The topological polar surface area (TPSA) is 23.6 Å². The monoisotopic (exact) mass is 278 g/mol. The largest absolute Gasteiger partial charge is 0.368 e. The number of ketones is 1. The number of hydrogen-bond donors (Lipinski definition) is 0. The van der Waals surface area contributed by atoms with Gasteiger partial charge in [0.15, 0.2) is 5.78 Å². The summed E-state index contributed by atoms with van der Waals surface area (Å²) in [5, 5.41) is 0. The van der Waals surface area contributed by atoms with E-state index in [1.807, 2.05) is 6.07 Å². The Morgan fingerprint density at radius 2 is 2.10 bits per heavy atom. The average Bonchev–Trinajstić information content (AvgIpc) is 2.41. The van der Waals surface area contributed by atoms with Crippen molar-refractivity contribution >= 4 is 11.5 Å². The Labute approximate surface area is 120 Å². The third kappa shape index (κ3) is 2.85. The van der Waals surface area contributed by atoms with E-state index >= 15 is 0 Å². The van der Waals surface area contributed by atoms with E-state index in [0.717, 1.165) is 31.7 Å². The zero-order valence-corrected chi connectivity index (χ0v) is 12.7. The lowest BCUT2D eigenvalue weighted by Crippen LogP contribution is -2.51. The Morgan fingerprint density at radius 3 is 2.70 bits per heavy atom. The van der Waals surface area contributed by atoms with Gasteiger partial charge < -0.3 is 4.90 Å². The van der Waals surface area contributed by atoms with Gasteiger partial charge in [-0.2, -0.15) is 0 Å². The number of benzene rings is 1. The molecule has 0 radical (unpaired) electrons. The summed E-state index contributed by atoms with van der Waals surface area (Å²) in [6, 6.07) is 3.67. The number of anilines is 1. The van der Waals surface area contributed by atoms with Crippen LogP contribution >= 0.6 is 0 Å². The van der Waals surface area contributed by atoms with Gasteiger partial charge in [0.05, 0.1) is 0 Å². The van der Waals surface area contributed by atoms with Gasteiger partial charge in [-0.15, -0.1) is 0 Å². The van der Waals surface area contributed by atoms with Crippen LogP contribution in [0.4, 0.5) is 10.1 Å². The normalized spacial score (nSPS) is 20.2. The molecule has 0 aromatic heterocycles. The molecule has 4 heteroatoms. The van der Waals surface area contributed by atoms with Crippen LogP contribution in [0.1, 0.15) is 36.2 Å². The molecular formula is C16H23FN2O. The lowest BCUT2D eigenvalue weighted by Gasteiger charge is -2.41. The zero-order chi connectivity index (χ0) is 14.9. The van der Waals surface area contributed by atoms with Crippen molar-refractivity contribution in [2.24, 2.45) is 0 Å². The van der Waals surface area contributed by atoms with Gasteiger partial charge in [0.1, 0.15) is 5.82 Å². The van der Waals surface area contributed by atoms with E-state index in [4.69, 9.17) is 0 Å². The Bertz CT molecular complexity index is 515. The molecule has 2 rings (SSSR count). The molecule has 1 atom stereocenters. The lowest BCUT2D eigenvalue weighted by atomic mass is 10.0. The maximum atomic E-state index is 13.7. The SMILES string of the molecule is CCC1CN(c2cc(C)c(F)cc2C(C)=O)CCN1C. The van der Waals surface area contributed by atoms with E-state index in [9.17, 15) is 9.18 Å². The minimum Gasteiger partial charge on any atom is -0.368 e. The van der Waals surface area contributed by atoms with Gasteiger partial charge >= 0.3 is 0 Å². The van der Waals surface area contributed by atoms with Crippen molar-refractivity contribution in [3.05, 3.63) is 29.1 Å². The van der Waals surface area contributed by atoms with Crippen LogP contribution in [0.3, 0.4) is 0 Å². The number of carbonyl (C=O) groups is 1. The summed E-state index contributed by atoms with van der Waals surface area (Å²) in [4.78, 5) is 16.4. The van der Waals surface area contributed by atoms with E-state index in [2.05, 4.69) is 23.8 Å². The Hall–Kier alpha value is -1.42. The fourth-order valence-electron chi connectivity index (χ4n) is 2.82. The molecule has 1 heterocycles. The number of aryl methyl sites for hydroxylation is 1. The number of Topliss-reactive ketones (excluding diaryl/α,β-unsaturated/α-hetero) is 1. The number of likely N-dealkylation sites (N-methyl/N-ethyl adjacent to an activating group) is 1. The first-order chi connectivity index (χ1) is 9.43. The Morgan fingerprint density at radius 1 is 1.40 bits per heavy atom. The van der Waals surface area contributed by atoms with Crippen molar-refractivity contribution in [3.8, 4) is 0 Å². The predicted molar refractivity (Wildman–Crippen MR) is 80.1 cm³/mol. The number of halogens is 1. The molecule has 110 valence electrons. The summed E-state index contributed by atoms with van der Waals surface area (Å²) < 4.78 is 13.7.